The molecule has 0 saturated carbocycles. The third-order valence-electron chi connectivity index (χ3n) is 2.81. The number of anilines is 1. The van der Waals surface area contributed by atoms with Crippen molar-refractivity contribution in [1.29, 1.82) is 0 Å². The first kappa shape index (κ1) is 14.2. The Balaban J connectivity index is 2.26. The standard InChI is InChI=1S/C14H13BrFNOS/c1-9-3-2-4-13(14(9)17)19(18)8-10-5-6-12(16)11(15)7-10/h2-7H,8,17H2,1H3. The molecule has 0 aliphatic heterocycles. The van der Waals surface area contributed by atoms with Crippen molar-refractivity contribution in [2.45, 2.75) is 17.6 Å². The predicted octanol–water partition coefficient (Wildman–Crippen LogP) is 3.79. The fraction of sp³-hybridized carbons (Fsp3) is 0.143. The van der Waals surface area contributed by atoms with Crippen LogP contribution in [0, 0.1) is 12.7 Å². The summed E-state index contributed by atoms with van der Waals surface area (Å²) in [4.78, 5) is 0.625. The molecule has 0 aliphatic carbocycles. The molecular weight excluding hydrogens is 329 g/mol. The topological polar surface area (TPSA) is 43.1 Å². The van der Waals surface area contributed by atoms with Crippen molar-refractivity contribution in [3.05, 3.63) is 57.8 Å². The first-order valence-corrected chi connectivity index (χ1v) is 7.77. The van der Waals surface area contributed by atoms with Crippen molar-refractivity contribution >= 4 is 32.4 Å². The molecule has 1 unspecified atom stereocenters. The van der Waals surface area contributed by atoms with E-state index < -0.39 is 10.8 Å². The number of aryl methyl sites for hydroxylation is 1. The zero-order valence-corrected chi connectivity index (χ0v) is 12.7. The Bertz CT molecular complexity index is 645. The van der Waals surface area contributed by atoms with Crippen molar-refractivity contribution in [2.24, 2.45) is 0 Å². The Hall–Kier alpha value is -1.20. The van der Waals surface area contributed by atoms with Gasteiger partial charge in [-0.3, -0.25) is 4.21 Å². The number of rotatable bonds is 3. The minimum Gasteiger partial charge on any atom is -0.398 e. The second-order valence-corrected chi connectivity index (χ2v) is 6.50. The Morgan fingerprint density at radius 2 is 2.05 bits per heavy atom. The molecule has 100 valence electrons. The maximum Gasteiger partial charge on any atom is 0.137 e. The predicted molar refractivity (Wildman–Crippen MR) is 79.8 cm³/mol. The van der Waals surface area contributed by atoms with Crippen LogP contribution in [0.4, 0.5) is 10.1 Å². The van der Waals surface area contributed by atoms with Gasteiger partial charge in [-0.2, -0.15) is 0 Å². The van der Waals surface area contributed by atoms with Crippen molar-refractivity contribution in [1.82, 2.24) is 0 Å². The lowest BCUT2D eigenvalue weighted by Gasteiger charge is -2.08. The van der Waals surface area contributed by atoms with Gasteiger partial charge in [-0.1, -0.05) is 18.2 Å². The Morgan fingerprint density at radius 3 is 2.74 bits per heavy atom. The molecule has 2 rings (SSSR count). The number of nitrogen functional groups attached to an aromatic ring is 1. The molecule has 0 saturated heterocycles. The number of benzene rings is 2. The van der Waals surface area contributed by atoms with E-state index in [0.717, 1.165) is 11.1 Å². The summed E-state index contributed by atoms with van der Waals surface area (Å²) in [6.07, 6.45) is 0. The summed E-state index contributed by atoms with van der Waals surface area (Å²) >= 11 is 3.12. The van der Waals surface area contributed by atoms with Crippen LogP contribution in [0.1, 0.15) is 11.1 Å². The molecule has 0 bridgehead atoms. The van der Waals surface area contributed by atoms with Crippen LogP contribution in [0.5, 0.6) is 0 Å². The molecule has 19 heavy (non-hydrogen) atoms. The molecule has 1 atom stereocenters. The van der Waals surface area contributed by atoms with E-state index in [1.54, 1.807) is 18.2 Å². The summed E-state index contributed by atoms with van der Waals surface area (Å²) in [5, 5.41) is 0. The van der Waals surface area contributed by atoms with E-state index in [0.29, 0.717) is 20.8 Å². The molecule has 0 fully saturated rings. The molecule has 0 radical (unpaired) electrons. The van der Waals surface area contributed by atoms with Crippen molar-refractivity contribution < 1.29 is 8.60 Å². The van der Waals surface area contributed by atoms with Crippen molar-refractivity contribution in [2.75, 3.05) is 5.73 Å². The quantitative estimate of drug-likeness (QED) is 0.863. The minimum atomic E-state index is -1.24. The second kappa shape index (κ2) is 5.84. The van der Waals surface area contributed by atoms with E-state index in [1.807, 2.05) is 19.1 Å². The highest BCUT2D eigenvalue weighted by molar-refractivity contribution is 9.10. The Labute approximate surface area is 122 Å². The lowest BCUT2D eigenvalue weighted by Crippen LogP contribution is -2.02. The third-order valence-corrected chi connectivity index (χ3v) is 4.86. The zero-order chi connectivity index (χ0) is 14.0. The van der Waals surface area contributed by atoms with E-state index in [2.05, 4.69) is 15.9 Å². The number of hydrogen-bond donors (Lipinski definition) is 1. The SMILES string of the molecule is Cc1cccc(S(=O)Cc2ccc(F)c(Br)c2)c1N. The fourth-order valence-electron chi connectivity index (χ4n) is 1.71. The monoisotopic (exact) mass is 341 g/mol. The normalized spacial score (nSPS) is 12.4. The molecule has 5 heteroatoms. The molecule has 2 aromatic carbocycles. The van der Waals surface area contributed by atoms with E-state index in [-0.39, 0.29) is 5.82 Å². The summed E-state index contributed by atoms with van der Waals surface area (Å²) in [6, 6.07) is 10.1. The van der Waals surface area contributed by atoms with Crippen LogP contribution in [0.25, 0.3) is 0 Å². The number of para-hydroxylation sites is 1. The van der Waals surface area contributed by atoms with Gasteiger partial charge in [-0.15, -0.1) is 0 Å². The molecule has 0 aromatic heterocycles. The zero-order valence-electron chi connectivity index (χ0n) is 10.3. The van der Waals surface area contributed by atoms with Gasteiger partial charge in [0.25, 0.3) is 0 Å². The highest BCUT2D eigenvalue weighted by atomic mass is 79.9. The molecule has 2 aromatic rings. The average Bonchev–Trinajstić information content (AvgIpc) is 2.37. The maximum absolute atomic E-state index is 13.1. The average molecular weight is 342 g/mol. The van der Waals surface area contributed by atoms with Gasteiger partial charge in [-0.25, -0.2) is 4.39 Å². The van der Waals surface area contributed by atoms with Crippen molar-refractivity contribution in [3.63, 3.8) is 0 Å². The first-order valence-electron chi connectivity index (χ1n) is 5.66. The van der Waals surface area contributed by atoms with Gasteiger partial charge in [-0.05, 0) is 52.2 Å². The van der Waals surface area contributed by atoms with Crippen LogP contribution in [0.15, 0.2) is 45.8 Å². The summed E-state index contributed by atoms with van der Waals surface area (Å²) < 4.78 is 25.8. The fourth-order valence-corrected chi connectivity index (χ4v) is 3.41. The van der Waals surface area contributed by atoms with Gasteiger partial charge < -0.3 is 5.73 Å². The minimum absolute atomic E-state index is 0.312. The molecule has 0 spiro atoms. The van der Waals surface area contributed by atoms with Gasteiger partial charge in [0.15, 0.2) is 0 Å². The molecule has 0 heterocycles. The van der Waals surface area contributed by atoms with Gasteiger partial charge >= 0.3 is 0 Å². The van der Waals surface area contributed by atoms with Gasteiger partial charge in [0, 0.05) is 0 Å². The summed E-state index contributed by atoms with van der Waals surface area (Å²) in [6.45, 7) is 1.88. The Morgan fingerprint density at radius 1 is 1.32 bits per heavy atom. The molecule has 2 nitrogen and oxygen atoms in total. The van der Waals surface area contributed by atoms with Crippen LogP contribution < -0.4 is 5.73 Å². The van der Waals surface area contributed by atoms with Crippen molar-refractivity contribution in [3.8, 4) is 0 Å². The summed E-state index contributed by atoms with van der Waals surface area (Å²) in [5.41, 5.74) is 8.19. The number of nitrogens with two attached hydrogens (primary N) is 1. The lowest BCUT2D eigenvalue weighted by atomic mass is 10.2. The summed E-state index contributed by atoms with van der Waals surface area (Å²) in [5.74, 6) is -0.0170. The highest BCUT2D eigenvalue weighted by Crippen LogP contribution is 2.24. The Kier molecular flexibility index (Phi) is 4.37. The van der Waals surface area contributed by atoms with Crippen LogP contribution >= 0.6 is 15.9 Å². The van der Waals surface area contributed by atoms with Gasteiger partial charge in [0.05, 0.1) is 31.6 Å². The molecule has 2 N–H and O–H groups in total. The van der Waals surface area contributed by atoms with Crippen LogP contribution in [0.2, 0.25) is 0 Å². The molecule has 0 aliphatic rings. The first-order chi connectivity index (χ1) is 8.99. The lowest BCUT2D eigenvalue weighted by molar-refractivity contribution is 0.620. The van der Waals surface area contributed by atoms with E-state index >= 15 is 0 Å². The van der Waals surface area contributed by atoms with Gasteiger partial charge in [0.2, 0.25) is 0 Å². The van der Waals surface area contributed by atoms with E-state index in [4.69, 9.17) is 5.73 Å². The molecular formula is C14H13BrFNOS. The third kappa shape index (κ3) is 3.22. The second-order valence-electron chi connectivity index (χ2n) is 4.23. The smallest absolute Gasteiger partial charge is 0.137 e. The largest absolute Gasteiger partial charge is 0.398 e. The van der Waals surface area contributed by atoms with Crippen LogP contribution in [-0.2, 0) is 16.6 Å². The number of hydrogen-bond acceptors (Lipinski definition) is 2. The highest BCUT2D eigenvalue weighted by Gasteiger charge is 2.11. The maximum atomic E-state index is 13.1. The number of halogens is 2. The van der Waals surface area contributed by atoms with Crippen LogP contribution in [0.3, 0.4) is 0 Å². The summed E-state index contributed by atoms with van der Waals surface area (Å²) in [7, 11) is -1.24. The van der Waals surface area contributed by atoms with Gasteiger partial charge in [0.1, 0.15) is 5.82 Å². The van der Waals surface area contributed by atoms with E-state index in [9.17, 15) is 8.60 Å². The van der Waals surface area contributed by atoms with E-state index in [1.165, 1.54) is 6.07 Å². The molecule has 0 amide bonds. The van der Waals surface area contributed by atoms with Crippen LogP contribution in [-0.4, -0.2) is 4.21 Å².